The molecule has 1 rings (SSSR count). The van der Waals surface area contributed by atoms with Crippen molar-refractivity contribution >= 4 is 17.4 Å². The third kappa shape index (κ3) is 2.96. The number of hydrogen-bond donors (Lipinski definition) is 2. The molecular weight excluding hydrogens is 218 g/mol. The molecule has 0 aromatic heterocycles. The number of carbonyl (C=O) groups is 1. The van der Waals surface area contributed by atoms with E-state index in [1.807, 2.05) is 13.8 Å². The number of rotatable bonds is 3. The lowest BCUT2D eigenvalue weighted by molar-refractivity contribution is -0.121. The fourth-order valence-corrected chi connectivity index (χ4v) is 1.43. The van der Waals surface area contributed by atoms with Crippen molar-refractivity contribution in [1.82, 2.24) is 0 Å². The van der Waals surface area contributed by atoms with E-state index >= 15 is 0 Å². The molecule has 1 aromatic carbocycles. The van der Waals surface area contributed by atoms with Gasteiger partial charge in [-0.2, -0.15) is 0 Å². The molecule has 0 spiro atoms. The maximum absolute atomic E-state index is 11.8. The van der Waals surface area contributed by atoms with E-state index < -0.39 is 0 Å². The highest BCUT2D eigenvalue weighted by Gasteiger charge is 2.14. The average molecular weight is 235 g/mol. The highest BCUT2D eigenvalue weighted by Crippen LogP contribution is 2.16. The second-order valence-corrected chi connectivity index (χ2v) is 4.08. The quantitative estimate of drug-likeness (QED) is 0.360. The summed E-state index contributed by atoms with van der Waals surface area (Å²) in [5, 5.41) is 11.4. The minimum absolute atomic E-state index is 0.0431. The molecule has 0 bridgehead atoms. The average Bonchev–Trinajstić information content (AvgIpc) is 2.36. The van der Waals surface area contributed by atoms with E-state index in [9.17, 15) is 4.79 Å². The van der Waals surface area contributed by atoms with Crippen LogP contribution in [-0.2, 0) is 4.79 Å². The van der Waals surface area contributed by atoms with E-state index in [0.29, 0.717) is 5.56 Å². The first-order valence-electron chi connectivity index (χ1n) is 5.33. The summed E-state index contributed by atoms with van der Waals surface area (Å²) in [6.45, 7) is 3.70. The zero-order chi connectivity index (χ0) is 13.0. The first-order chi connectivity index (χ1) is 7.97. The number of hydrogen-bond acceptors (Lipinski definition) is 3. The maximum atomic E-state index is 11.8. The highest BCUT2D eigenvalue weighted by molar-refractivity contribution is 5.98. The molecule has 17 heavy (non-hydrogen) atoms. The topological polar surface area (TPSA) is 78.9 Å². The molecule has 0 unspecified atom stereocenters. The highest BCUT2D eigenvalue weighted by atomic mass is 16.4. The van der Waals surface area contributed by atoms with E-state index in [-0.39, 0.29) is 17.7 Å². The van der Waals surface area contributed by atoms with Crippen LogP contribution in [-0.4, -0.2) is 24.0 Å². The summed E-state index contributed by atoms with van der Waals surface area (Å²) in [4.78, 5) is 13.3. The third-order valence-corrected chi connectivity index (χ3v) is 2.48. The number of nitrogens with zero attached hydrogens (tertiary/aromatic N) is 2. The van der Waals surface area contributed by atoms with Gasteiger partial charge in [0.2, 0.25) is 5.91 Å². The molecular formula is C12H17N3O2. The van der Waals surface area contributed by atoms with Gasteiger partial charge >= 0.3 is 0 Å². The molecule has 0 radical (unpaired) electrons. The van der Waals surface area contributed by atoms with Crippen molar-refractivity contribution in [2.45, 2.75) is 13.8 Å². The van der Waals surface area contributed by atoms with Crippen LogP contribution in [0.4, 0.5) is 5.69 Å². The van der Waals surface area contributed by atoms with Gasteiger partial charge in [-0.1, -0.05) is 19.0 Å². The van der Waals surface area contributed by atoms with Crippen LogP contribution in [0.1, 0.15) is 19.4 Å². The van der Waals surface area contributed by atoms with Crippen molar-refractivity contribution in [3.63, 3.8) is 0 Å². The maximum Gasteiger partial charge on any atom is 0.229 e. The van der Waals surface area contributed by atoms with Gasteiger partial charge in [-0.25, -0.2) is 0 Å². The van der Waals surface area contributed by atoms with Crippen LogP contribution in [0, 0.1) is 5.92 Å². The van der Waals surface area contributed by atoms with Crippen molar-refractivity contribution in [2.75, 3.05) is 11.9 Å². The molecule has 1 aromatic rings. The monoisotopic (exact) mass is 235 g/mol. The standard InChI is InChI=1S/C12H17N3O2/c1-8(2)12(16)15(3)10-6-4-9(5-7-10)11(13)14-17/h4-8,17H,1-3H3,(H2,13,14). The van der Waals surface area contributed by atoms with Crippen LogP contribution in [0.5, 0.6) is 0 Å². The van der Waals surface area contributed by atoms with Crippen LogP contribution < -0.4 is 10.6 Å². The minimum atomic E-state index is -0.0521. The Kier molecular flexibility index (Phi) is 4.09. The van der Waals surface area contributed by atoms with Gasteiger partial charge in [0, 0.05) is 24.2 Å². The first kappa shape index (κ1) is 13.0. The Morgan fingerprint density at radius 2 is 1.88 bits per heavy atom. The van der Waals surface area contributed by atoms with E-state index in [1.165, 1.54) is 0 Å². The predicted octanol–water partition coefficient (Wildman–Crippen LogP) is 1.40. The van der Waals surface area contributed by atoms with Crippen LogP contribution in [0.2, 0.25) is 0 Å². The number of amides is 1. The van der Waals surface area contributed by atoms with Gasteiger partial charge in [-0.3, -0.25) is 4.79 Å². The number of amidine groups is 1. The fourth-order valence-electron chi connectivity index (χ4n) is 1.43. The van der Waals surface area contributed by atoms with Gasteiger partial charge in [0.25, 0.3) is 0 Å². The van der Waals surface area contributed by atoms with Crippen LogP contribution in [0.3, 0.4) is 0 Å². The third-order valence-electron chi connectivity index (χ3n) is 2.48. The summed E-state index contributed by atoms with van der Waals surface area (Å²) in [5.41, 5.74) is 6.84. The van der Waals surface area contributed by atoms with Crippen LogP contribution in [0.25, 0.3) is 0 Å². The van der Waals surface area contributed by atoms with Gasteiger partial charge in [-0.05, 0) is 24.3 Å². The van der Waals surface area contributed by atoms with Crippen molar-refractivity contribution in [3.8, 4) is 0 Å². The van der Waals surface area contributed by atoms with Crippen LogP contribution in [0.15, 0.2) is 29.4 Å². The summed E-state index contributed by atoms with van der Waals surface area (Å²) in [6.07, 6.45) is 0. The SMILES string of the molecule is CC(C)C(=O)N(C)c1ccc(C(N)=NO)cc1. The van der Waals surface area contributed by atoms with Gasteiger partial charge in [0.15, 0.2) is 5.84 Å². The van der Waals surface area contributed by atoms with E-state index in [2.05, 4.69) is 5.16 Å². The Morgan fingerprint density at radius 3 is 2.29 bits per heavy atom. The zero-order valence-corrected chi connectivity index (χ0v) is 10.2. The number of oxime groups is 1. The van der Waals surface area contributed by atoms with Crippen molar-refractivity contribution in [1.29, 1.82) is 0 Å². The Labute approximate surface area is 101 Å². The molecule has 0 atom stereocenters. The Bertz CT molecular complexity index is 424. The number of anilines is 1. The molecule has 0 aliphatic heterocycles. The van der Waals surface area contributed by atoms with E-state index in [0.717, 1.165) is 5.69 Å². The predicted molar refractivity (Wildman–Crippen MR) is 67.2 cm³/mol. The smallest absolute Gasteiger partial charge is 0.229 e. The van der Waals surface area contributed by atoms with Gasteiger partial charge < -0.3 is 15.8 Å². The number of nitrogens with two attached hydrogens (primary N) is 1. The minimum Gasteiger partial charge on any atom is -0.409 e. The van der Waals surface area contributed by atoms with E-state index in [4.69, 9.17) is 10.9 Å². The van der Waals surface area contributed by atoms with Gasteiger partial charge in [-0.15, -0.1) is 0 Å². The lowest BCUT2D eigenvalue weighted by atomic mass is 10.1. The summed E-state index contributed by atoms with van der Waals surface area (Å²) in [7, 11) is 1.72. The van der Waals surface area contributed by atoms with E-state index in [1.54, 1.807) is 36.2 Å². The molecule has 0 heterocycles. The summed E-state index contributed by atoms with van der Waals surface area (Å²) in [5.74, 6) is 0.0414. The van der Waals surface area contributed by atoms with Crippen LogP contribution >= 0.6 is 0 Å². The number of carbonyl (C=O) groups excluding carboxylic acids is 1. The summed E-state index contributed by atoms with van der Waals surface area (Å²) < 4.78 is 0. The molecule has 5 heteroatoms. The molecule has 92 valence electrons. The Morgan fingerprint density at radius 1 is 1.35 bits per heavy atom. The lowest BCUT2D eigenvalue weighted by Crippen LogP contribution is -2.30. The van der Waals surface area contributed by atoms with Gasteiger partial charge in [0.1, 0.15) is 0 Å². The molecule has 5 nitrogen and oxygen atoms in total. The fraction of sp³-hybridized carbons (Fsp3) is 0.333. The molecule has 0 saturated carbocycles. The second kappa shape index (κ2) is 5.34. The van der Waals surface area contributed by atoms with Crippen molar-refractivity contribution in [3.05, 3.63) is 29.8 Å². The molecule has 0 fully saturated rings. The summed E-state index contributed by atoms with van der Waals surface area (Å²) >= 11 is 0. The molecule has 0 saturated heterocycles. The molecule has 0 aliphatic carbocycles. The van der Waals surface area contributed by atoms with Crippen molar-refractivity contribution in [2.24, 2.45) is 16.8 Å². The number of benzene rings is 1. The Hall–Kier alpha value is -2.04. The largest absolute Gasteiger partial charge is 0.409 e. The van der Waals surface area contributed by atoms with Gasteiger partial charge in [0.05, 0.1) is 0 Å². The van der Waals surface area contributed by atoms with Crippen molar-refractivity contribution < 1.29 is 10.0 Å². The first-order valence-corrected chi connectivity index (χ1v) is 5.33. The second-order valence-electron chi connectivity index (χ2n) is 4.08. The summed E-state index contributed by atoms with van der Waals surface area (Å²) in [6, 6.07) is 6.92. The molecule has 3 N–H and O–H groups in total. The lowest BCUT2D eigenvalue weighted by Gasteiger charge is -2.19. The normalized spacial score (nSPS) is 11.6. The Balaban J connectivity index is 2.91. The zero-order valence-electron chi connectivity index (χ0n) is 10.2. The molecule has 0 aliphatic rings. The molecule has 1 amide bonds.